The number of carbonyl (C=O) groups is 1. The van der Waals surface area contributed by atoms with Gasteiger partial charge in [-0.15, -0.1) is 11.3 Å². The molecule has 1 N–H and O–H groups in total. The second-order valence-corrected chi connectivity index (χ2v) is 6.79. The van der Waals surface area contributed by atoms with Crippen molar-refractivity contribution in [3.8, 4) is 10.6 Å². The summed E-state index contributed by atoms with van der Waals surface area (Å²) in [4.78, 5) is 17.2. The fraction of sp³-hybridized carbons (Fsp3) is 0.125. The number of carboxylic acid groups (broad SMARTS) is 1. The zero-order valence-electron chi connectivity index (χ0n) is 11.5. The van der Waals surface area contributed by atoms with E-state index in [1.165, 1.54) is 11.3 Å². The fourth-order valence-electron chi connectivity index (χ4n) is 2.43. The Balaban J connectivity index is 2.37. The number of pyridine rings is 1. The lowest BCUT2D eigenvalue weighted by molar-refractivity contribution is 0.0699. The summed E-state index contributed by atoms with van der Waals surface area (Å²) in [6.07, 6.45) is 0. The molecule has 0 fully saturated rings. The molecule has 0 saturated carbocycles. The van der Waals surface area contributed by atoms with E-state index < -0.39 is 5.97 Å². The van der Waals surface area contributed by atoms with Crippen LogP contribution in [0.15, 0.2) is 34.1 Å². The van der Waals surface area contributed by atoms with E-state index in [1.807, 2.05) is 37.4 Å². The lowest BCUT2D eigenvalue weighted by atomic mass is 10.0. The number of aromatic carboxylic acids is 1. The fourth-order valence-corrected chi connectivity index (χ4v) is 3.82. The monoisotopic (exact) mass is 361 g/mol. The minimum absolute atomic E-state index is 0.298. The predicted octanol–water partition coefficient (Wildman–Crippen LogP) is 5.04. The maximum atomic E-state index is 11.6. The molecule has 0 aliphatic carbocycles. The summed E-state index contributed by atoms with van der Waals surface area (Å²) in [5.41, 5.74) is 3.77. The highest BCUT2D eigenvalue weighted by Gasteiger charge is 2.15. The van der Waals surface area contributed by atoms with Crippen molar-refractivity contribution < 1.29 is 9.90 Å². The molecule has 0 spiro atoms. The van der Waals surface area contributed by atoms with Gasteiger partial charge in [-0.3, -0.25) is 0 Å². The van der Waals surface area contributed by atoms with Crippen molar-refractivity contribution in [3.63, 3.8) is 0 Å². The van der Waals surface area contributed by atoms with Gasteiger partial charge in [0.05, 0.1) is 21.7 Å². The third-order valence-electron chi connectivity index (χ3n) is 3.30. The van der Waals surface area contributed by atoms with Gasteiger partial charge < -0.3 is 5.11 Å². The molecule has 0 amide bonds. The van der Waals surface area contributed by atoms with Crippen LogP contribution in [-0.2, 0) is 0 Å². The minimum atomic E-state index is -0.927. The quantitative estimate of drug-likeness (QED) is 0.695. The molecule has 3 nitrogen and oxygen atoms in total. The van der Waals surface area contributed by atoms with Gasteiger partial charge >= 0.3 is 5.97 Å². The average Bonchev–Trinajstić information content (AvgIpc) is 2.84. The van der Waals surface area contributed by atoms with Gasteiger partial charge in [-0.05, 0) is 53.5 Å². The van der Waals surface area contributed by atoms with Gasteiger partial charge in [-0.25, -0.2) is 9.78 Å². The van der Waals surface area contributed by atoms with Gasteiger partial charge in [0.25, 0.3) is 0 Å². The van der Waals surface area contributed by atoms with E-state index in [0.717, 1.165) is 26.0 Å². The van der Waals surface area contributed by atoms with Crippen molar-refractivity contribution in [2.45, 2.75) is 13.8 Å². The van der Waals surface area contributed by atoms with Crippen molar-refractivity contribution in [2.75, 3.05) is 0 Å². The van der Waals surface area contributed by atoms with E-state index in [9.17, 15) is 9.90 Å². The number of nitrogens with zero attached hydrogens (tertiary/aromatic N) is 1. The number of halogens is 1. The maximum Gasteiger partial charge on any atom is 0.336 e. The van der Waals surface area contributed by atoms with Crippen LogP contribution in [0.2, 0.25) is 0 Å². The molecule has 106 valence electrons. The number of aromatic nitrogens is 1. The molecule has 5 heteroatoms. The molecule has 0 saturated heterocycles. The van der Waals surface area contributed by atoms with E-state index in [-0.39, 0.29) is 0 Å². The van der Waals surface area contributed by atoms with Crippen molar-refractivity contribution in [1.29, 1.82) is 0 Å². The molecule has 0 bridgehead atoms. The van der Waals surface area contributed by atoms with Crippen LogP contribution in [0.5, 0.6) is 0 Å². The number of benzene rings is 1. The van der Waals surface area contributed by atoms with Gasteiger partial charge in [-0.1, -0.05) is 11.6 Å². The summed E-state index contributed by atoms with van der Waals surface area (Å²) < 4.78 is 0.974. The van der Waals surface area contributed by atoms with E-state index in [2.05, 4.69) is 20.9 Å². The van der Waals surface area contributed by atoms with Gasteiger partial charge in [0.1, 0.15) is 0 Å². The molecule has 1 aromatic carbocycles. The van der Waals surface area contributed by atoms with E-state index in [4.69, 9.17) is 0 Å². The predicted molar refractivity (Wildman–Crippen MR) is 89.2 cm³/mol. The number of carboxylic acids is 1. The second-order valence-electron chi connectivity index (χ2n) is 4.97. The van der Waals surface area contributed by atoms with Crippen LogP contribution in [0.3, 0.4) is 0 Å². The van der Waals surface area contributed by atoms with Crippen LogP contribution in [0.1, 0.15) is 21.5 Å². The summed E-state index contributed by atoms with van der Waals surface area (Å²) in [6, 6.07) is 7.51. The Morgan fingerprint density at radius 2 is 2.00 bits per heavy atom. The number of hydrogen-bond donors (Lipinski definition) is 1. The summed E-state index contributed by atoms with van der Waals surface area (Å²) in [5, 5.41) is 12.2. The smallest absolute Gasteiger partial charge is 0.336 e. The number of fused-ring (bicyclic) bond motifs is 1. The second kappa shape index (κ2) is 5.24. The molecule has 0 radical (unpaired) electrons. The summed E-state index contributed by atoms with van der Waals surface area (Å²) >= 11 is 4.96. The highest BCUT2D eigenvalue weighted by Crippen LogP contribution is 2.32. The molecule has 3 rings (SSSR count). The Morgan fingerprint density at radius 3 is 2.62 bits per heavy atom. The van der Waals surface area contributed by atoms with Crippen molar-refractivity contribution in [2.24, 2.45) is 0 Å². The average molecular weight is 362 g/mol. The number of aryl methyl sites for hydroxylation is 2. The molecule has 0 aliphatic heterocycles. The van der Waals surface area contributed by atoms with Gasteiger partial charge in [0, 0.05) is 15.2 Å². The van der Waals surface area contributed by atoms with E-state index >= 15 is 0 Å². The van der Waals surface area contributed by atoms with Crippen LogP contribution < -0.4 is 0 Å². The minimum Gasteiger partial charge on any atom is -0.478 e. The Hall–Kier alpha value is -1.72. The SMILES string of the molecule is Cc1cc(C)c2nc(-c3cc(Br)cs3)cc(C(=O)O)c2c1. The lowest BCUT2D eigenvalue weighted by Crippen LogP contribution is -2.01. The third-order valence-corrected chi connectivity index (χ3v) is 5.01. The lowest BCUT2D eigenvalue weighted by Gasteiger charge is -2.09. The standard InChI is InChI=1S/C16H12BrNO2S/c1-8-3-9(2)15-11(4-8)12(16(19)20)6-13(18-15)14-5-10(17)7-21-14/h3-7H,1-2H3,(H,19,20). The zero-order chi connectivity index (χ0) is 15.1. The van der Waals surface area contributed by atoms with Crippen LogP contribution >= 0.6 is 27.3 Å². The number of hydrogen-bond acceptors (Lipinski definition) is 3. The third kappa shape index (κ3) is 2.59. The summed E-state index contributed by atoms with van der Waals surface area (Å²) in [7, 11) is 0. The molecular weight excluding hydrogens is 350 g/mol. The summed E-state index contributed by atoms with van der Waals surface area (Å²) in [5.74, 6) is -0.927. The highest BCUT2D eigenvalue weighted by atomic mass is 79.9. The van der Waals surface area contributed by atoms with Crippen molar-refractivity contribution >= 4 is 44.1 Å². The molecule has 0 atom stereocenters. The van der Waals surface area contributed by atoms with Gasteiger partial charge in [0.2, 0.25) is 0 Å². The molecule has 2 heterocycles. The number of thiophene rings is 1. The van der Waals surface area contributed by atoms with Crippen LogP contribution in [0, 0.1) is 13.8 Å². The Bertz CT molecular complexity index is 870. The number of rotatable bonds is 2. The highest BCUT2D eigenvalue weighted by molar-refractivity contribution is 9.10. The first kappa shape index (κ1) is 14.2. The first-order valence-electron chi connectivity index (χ1n) is 6.35. The first-order valence-corrected chi connectivity index (χ1v) is 8.02. The van der Waals surface area contributed by atoms with E-state index in [1.54, 1.807) is 6.07 Å². The molecule has 2 aromatic heterocycles. The van der Waals surface area contributed by atoms with Crippen LogP contribution in [0.25, 0.3) is 21.5 Å². The van der Waals surface area contributed by atoms with Crippen molar-refractivity contribution in [1.82, 2.24) is 4.98 Å². The van der Waals surface area contributed by atoms with E-state index in [0.29, 0.717) is 16.6 Å². The Kier molecular flexibility index (Phi) is 3.55. The molecule has 21 heavy (non-hydrogen) atoms. The molecule has 0 unspecified atom stereocenters. The normalized spacial score (nSPS) is 11.0. The molecule has 3 aromatic rings. The largest absolute Gasteiger partial charge is 0.478 e. The maximum absolute atomic E-state index is 11.6. The van der Waals surface area contributed by atoms with Crippen LogP contribution in [-0.4, -0.2) is 16.1 Å². The molecular formula is C16H12BrNO2S. The van der Waals surface area contributed by atoms with Crippen LogP contribution in [0.4, 0.5) is 0 Å². The first-order chi connectivity index (χ1) is 9.95. The summed E-state index contributed by atoms with van der Waals surface area (Å²) in [6.45, 7) is 3.92. The van der Waals surface area contributed by atoms with Crippen molar-refractivity contribution in [3.05, 3.63) is 50.8 Å². The van der Waals surface area contributed by atoms with Gasteiger partial charge in [-0.2, -0.15) is 0 Å². The Morgan fingerprint density at radius 1 is 1.24 bits per heavy atom. The topological polar surface area (TPSA) is 50.2 Å². The van der Waals surface area contributed by atoms with Gasteiger partial charge in [0.15, 0.2) is 0 Å². The Labute approximate surface area is 134 Å². The molecule has 0 aliphatic rings. The zero-order valence-corrected chi connectivity index (χ0v) is 13.9.